The summed E-state index contributed by atoms with van der Waals surface area (Å²) >= 11 is 0. The van der Waals surface area contributed by atoms with E-state index in [9.17, 15) is 14.4 Å². The third-order valence-electron chi connectivity index (χ3n) is 5.96. The number of likely N-dealkylation sites (tertiary alicyclic amines) is 1. The minimum absolute atomic E-state index is 0. The lowest BCUT2D eigenvalue weighted by molar-refractivity contribution is 0.0641. The van der Waals surface area contributed by atoms with Crippen LogP contribution >= 0.6 is 12.4 Å². The Labute approximate surface area is 182 Å². The van der Waals surface area contributed by atoms with Crippen molar-refractivity contribution in [3.8, 4) is 0 Å². The number of halogens is 1. The van der Waals surface area contributed by atoms with Crippen LogP contribution in [0.25, 0.3) is 0 Å². The molecule has 2 heterocycles. The van der Waals surface area contributed by atoms with Gasteiger partial charge in [0.15, 0.2) is 0 Å². The summed E-state index contributed by atoms with van der Waals surface area (Å²) < 4.78 is 0. The summed E-state index contributed by atoms with van der Waals surface area (Å²) in [6.45, 7) is 3.58. The van der Waals surface area contributed by atoms with Gasteiger partial charge in [0.25, 0.3) is 17.7 Å². The van der Waals surface area contributed by atoms with E-state index < -0.39 is 0 Å². The summed E-state index contributed by atoms with van der Waals surface area (Å²) in [6.07, 6.45) is 1.83. The molecular weight excluding hydrogens is 402 g/mol. The van der Waals surface area contributed by atoms with Gasteiger partial charge in [-0.1, -0.05) is 24.3 Å². The van der Waals surface area contributed by atoms with Gasteiger partial charge < -0.3 is 10.6 Å². The van der Waals surface area contributed by atoms with E-state index in [0.29, 0.717) is 35.7 Å². The lowest BCUT2D eigenvalue weighted by Crippen LogP contribution is -2.42. The second-order valence-corrected chi connectivity index (χ2v) is 7.93. The Morgan fingerprint density at radius 1 is 1.03 bits per heavy atom. The highest BCUT2D eigenvalue weighted by molar-refractivity contribution is 6.21. The molecule has 2 aromatic carbocycles. The zero-order valence-corrected chi connectivity index (χ0v) is 17.7. The fraction of sp³-hybridized carbons (Fsp3) is 0.348. The Bertz CT molecular complexity index is 933. The van der Waals surface area contributed by atoms with Crippen molar-refractivity contribution in [2.45, 2.75) is 32.4 Å². The lowest BCUT2D eigenvalue weighted by Gasteiger charge is -2.33. The zero-order valence-electron chi connectivity index (χ0n) is 16.9. The van der Waals surface area contributed by atoms with Crippen molar-refractivity contribution in [2.24, 2.45) is 11.7 Å². The van der Waals surface area contributed by atoms with E-state index in [-0.39, 0.29) is 42.7 Å². The van der Waals surface area contributed by atoms with E-state index in [1.54, 1.807) is 42.5 Å². The molecule has 7 heteroatoms. The fourth-order valence-electron chi connectivity index (χ4n) is 4.18. The van der Waals surface area contributed by atoms with Crippen LogP contribution in [0.4, 0.5) is 0 Å². The van der Waals surface area contributed by atoms with Crippen LogP contribution in [-0.2, 0) is 6.54 Å². The summed E-state index contributed by atoms with van der Waals surface area (Å²) in [4.78, 5) is 41.2. The molecule has 1 unspecified atom stereocenters. The largest absolute Gasteiger partial charge is 0.339 e. The molecule has 0 spiro atoms. The number of amides is 3. The zero-order chi connectivity index (χ0) is 20.5. The average Bonchev–Trinajstić information content (AvgIpc) is 2.98. The van der Waals surface area contributed by atoms with E-state index in [0.717, 1.165) is 18.4 Å². The second kappa shape index (κ2) is 8.98. The van der Waals surface area contributed by atoms with Crippen molar-refractivity contribution in [1.82, 2.24) is 9.80 Å². The Kier molecular flexibility index (Phi) is 6.58. The van der Waals surface area contributed by atoms with Crippen molar-refractivity contribution in [3.63, 3.8) is 0 Å². The molecule has 6 nitrogen and oxygen atoms in total. The molecule has 0 bridgehead atoms. The van der Waals surface area contributed by atoms with Crippen molar-refractivity contribution in [2.75, 3.05) is 13.1 Å². The number of fused-ring (bicyclic) bond motifs is 1. The molecular formula is C23H26ClN3O3. The third-order valence-corrected chi connectivity index (χ3v) is 5.96. The first-order chi connectivity index (χ1) is 14.0. The Hall–Kier alpha value is -2.70. The van der Waals surface area contributed by atoms with Gasteiger partial charge in [0.1, 0.15) is 0 Å². The van der Waals surface area contributed by atoms with Crippen LogP contribution in [0.1, 0.15) is 56.4 Å². The van der Waals surface area contributed by atoms with Gasteiger partial charge in [0, 0.05) is 24.7 Å². The van der Waals surface area contributed by atoms with Gasteiger partial charge in [-0.05, 0) is 55.5 Å². The van der Waals surface area contributed by atoms with E-state index in [1.165, 1.54) is 4.90 Å². The van der Waals surface area contributed by atoms with E-state index in [4.69, 9.17) is 5.73 Å². The summed E-state index contributed by atoms with van der Waals surface area (Å²) in [6, 6.07) is 14.2. The van der Waals surface area contributed by atoms with Crippen LogP contribution in [0, 0.1) is 5.92 Å². The molecule has 0 radical (unpaired) electrons. The maximum atomic E-state index is 12.9. The molecule has 0 aromatic heterocycles. The molecule has 1 saturated heterocycles. The molecule has 2 N–H and O–H groups in total. The molecule has 1 atom stereocenters. The minimum Gasteiger partial charge on any atom is -0.339 e. The highest BCUT2D eigenvalue weighted by Crippen LogP contribution is 2.25. The number of piperidine rings is 1. The normalized spacial score (nSPS) is 17.5. The Balaban J connectivity index is 0.00000256. The maximum Gasteiger partial charge on any atom is 0.261 e. The van der Waals surface area contributed by atoms with Gasteiger partial charge in [-0.25, -0.2) is 0 Å². The van der Waals surface area contributed by atoms with E-state index >= 15 is 0 Å². The maximum absolute atomic E-state index is 12.9. The number of carbonyl (C=O) groups excluding carboxylic acids is 3. The van der Waals surface area contributed by atoms with Crippen LogP contribution in [0.15, 0.2) is 48.5 Å². The summed E-state index contributed by atoms with van der Waals surface area (Å²) in [5, 5.41) is 0. The first-order valence-corrected chi connectivity index (χ1v) is 10.0. The van der Waals surface area contributed by atoms with Gasteiger partial charge in [-0.3, -0.25) is 19.3 Å². The number of carbonyl (C=O) groups is 3. The van der Waals surface area contributed by atoms with Crippen LogP contribution in [0.5, 0.6) is 0 Å². The predicted molar refractivity (Wildman–Crippen MR) is 117 cm³/mol. The molecule has 3 amide bonds. The molecule has 1 fully saturated rings. The second-order valence-electron chi connectivity index (χ2n) is 7.93. The quantitative estimate of drug-likeness (QED) is 0.760. The smallest absolute Gasteiger partial charge is 0.261 e. The van der Waals surface area contributed by atoms with Gasteiger partial charge in [0.05, 0.1) is 17.7 Å². The number of nitrogens with two attached hydrogens (primary N) is 1. The average molecular weight is 428 g/mol. The number of imide groups is 1. The SMILES string of the molecule is CC(N)C1CCN(C(=O)c2cccc(CN3C(=O)c4ccccc4C3=O)c2)CC1.Cl. The minimum atomic E-state index is -0.291. The lowest BCUT2D eigenvalue weighted by atomic mass is 9.90. The fourth-order valence-corrected chi connectivity index (χ4v) is 4.18. The molecule has 2 aliphatic heterocycles. The first kappa shape index (κ1) is 22.0. The number of rotatable bonds is 4. The molecule has 158 valence electrons. The van der Waals surface area contributed by atoms with Crippen molar-refractivity contribution < 1.29 is 14.4 Å². The standard InChI is InChI=1S/C23H25N3O3.ClH/c1-15(24)17-9-11-25(12-10-17)21(27)18-6-4-5-16(13-18)14-26-22(28)19-7-2-3-8-20(19)23(26)29;/h2-8,13,15,17H,9-12,14,24H2,1H3;1H. The summed E-state index contributed by atoms with van der Waals surface area (Å²) in [5.74, 6) is -0.142. The number of hydrogen-bond acceptors (Lipinski definition) is 4. The highest BCUT2D eigenvalue weighted by atomic mass is 35.5. The van der Waals surface area contributed by atoms with Gasteiger partial charge in [-0.2, -0.15) is 0 Å². The highest BCUT2D eigenvalue weighted by Gasteiger charge is 2.35. The molecule has 2 aromatic rings. The topological polar surface area (TPSA) is 83.7 Å². The van der Waals surface area contributed by atoms with Gasteiger partial charge in [-0.15, -0.1) is 12.4 Å². The van der Waals surface area contributed by atoms with Crippen LogP contribution in [-0.4, -0.2) is 46.7 Å². The van der Waals surface area contributed by atoms with E-state index in [2.05, 4.69) is 0 Å². The van der Waals surface area contributed by atoms with Gasteiger partial charge in [0.2, 0.25) is 0 Å². The predicted octanol–water partition coefficient (Wildman–Crippen LogP) is 3.10. The third kappa shape index (κ3) is 4.11. The first-order valence-electron chi connectivity index (χ1n) is 10.0. The molecule has 4 rings (SSSR count). The number of hydrogen-bond donors (Lipinski definition) is 1. The van der Waals surface area contributed by atoms with E-state index in [1.807, 2.05) is 17.9 Å². The van der Waals surface area contributed by atoms with Crippen LogP contribution < -0.4 is 5.73 Å². The van der Waals surface area contributed by atoms with Crippen LogP contribution in [0.2, 0.25) is 0 Å². The van der Waals surface area contributed by atoms with Crippen molar-refractivity contribution >= 4 is 30.1 Å². The number of benzene rings is 2. The Morgan fingerprint density at radius 2 is 1.63 bits per heavy atom. The summed E-state index contributed by atoms with van der Waals surface area (Å²) in [5.41, 5.74) is 8.19. The van der Waals surface area contributed by atoms with Gasteiger partial charge >= 0.3 is 0 Å². The molecule has 0 saturated carbocycles. The molecule has 0 aliphatic carbocycles. The summed E-state index contributed by atoms with van der Waals surface area (Å²) in [7, 11) is 0. The molecule has 30 heavy (non-hydrogen) atoms. The number of nitrogens with zero attached hydrogens (tertiary/aromatic N) is 2. The van der Waals surface area contributed by atoms with Crippen molar-refractivity contribution in [1.29, 1.82) is 0 Å². The van der Waals surface area contributed by atoms with Crippen LogP contribution in [0.3, 0.4) is 0 Å². The molecule has 2 aliphatic rings. The Morgan fingerprint density at radius 3 is 2.20 bits per heavy atom. The monoisotopic (exact) mass is 427 g/mol. The van der Waals surface area contributed by atoms with Crippen molar-refractivity contribution in [3.05, 3.63) is 70.8 Å².